The van der Waals surface area contributed by atoms with Crippen LogP contribution in [0, 0.1) is 6.92 Å². The zero-order chi connectivity index (χ0) is 62.8. The molecule has 0 unspecified atom stereocenters. The summed E-state index contributed by atoms with van der Waals surface area (Å²) < 4.78 is 71.6. The standard InChI is InChI=1S/C79H70O10P2/c1-55-51-65(72(69(52-55)81-6)84-90-86-76(57-33-17-9-18-34-57,58-35-19-10-20-36-58)77(87-90,59-37-21-11-22-38-59)60-39-23-12-24-40-60)56-49-50-68(80-5)66(53-56)67-54-70(82-7)74(83-8)71(75(2,3)4)73(67)85-91-88-78(61-41-25-13-26-42-61,62-43-27-14-28-44-62)79(89-91,63-45-29-15-30-46-63)64-47-31-16-32-48-64/h9-54H,1-8H3. The lowest BCUT2D eigenvalue weighted by molar-refractivity contribution is 0.00370. The zero-order valence-corrected chi connectivity index (χ0v) is 53.8. The summed E-state index contributed by atoms with van der Waals surface area (Å²) in [4.78, 5) is 0. The highest BCUT2D eigenvalue weighted by Gasteiger charge is 2.68. The van der Waals surface area contributed by atoms with Crippen LogP contribution in [0.1, 0.15) is 76.4 Å². The highest BCUT2D eigenvalue weighted by molar-refractivity contribution is 7.42. The largest absolute Gasteiger partial charge is 0.496 e. The first-order valence-corrected chi connectivity index (χ1v) is 32.5. The van der Waals surface area contributed by atoms with Crippen LogP contribution in [0.25, 0.3) is 22.3 Å². The van der Waals surface area contributed by atoms with Gasteiger partial charge in [0.15, 0.2) is 45.4 Å². The summed E-state index contributed by atoms with van der Waals surface area (Å²) >= 11 is 0. The maximum Gasteiger partial charge on any atom is 0.400 e. The minimum Gasteiger partial charge on any atom is -0.496 e. The maximum absolute atomic E-state index is 7.81. The van der Waals surface area contributed by atoms with E-state index in [2.05, 4.69) is 130 Å². The molecule has 11 aromatic carbocycles. The minimum atomic E-state index is -2.37. The van der Waals surface area contributed by atoms with Gasteiger partial charge in [0, 0.05) is 22.3 Å². The maximum atomic E-state index is 7.81. The molecule has 0 bridgehead atoms. The third kappa shape index (κ3) is 10.4. The molecule has 2 heterocycles. The molecule has 0 aromatic heterocycles. The van der Waals surface area contributed by atoms with Crippen LogP contribution in [-0.2, 0) is 45.9 Å². The number of hydrogen-bond donors (Lipinski definition) is 0. The van der Waals surface area contributed by atoms with Gasteiger partial charge in [-0.2, -0.15) is 0 Å². The van der Waals surface area contributed by atoms with E-state index >= 15 is 0 Å². The van der Waals surface area contributed by atoms with Crippen molar-refractivity contribution < 1.29 is 46.1 Å². The Kier molecular flexibility index (Phi) is 16.9. The van der Waals surface area contributed by atoms with Gasteiger partial charge in [-0.15, -0.1) is 0 Å². The summed E-state index contributed by atoms with van der Waals surface area (Å²) in [6, 6.07) is 94.4. The van der Waals surface area contributed by atoms with Crippen LogP contribution in [0.3, 0.4) is 0 Å². The third-order valence-electron chi connectivity index (χ3n) is 17.2. The summed E-state index contributed by atoms with van der Waals surface area (Å²) in [7, 11) is 1.94. The number of methoxy groups -OCH3 is 4. The Morgan fingerprint density at radius 2 is 0.604 bits per heavy atom. The molecule has 2 saturated heterocycles. The fourth-order valence-electron chi connectivity index (χ4n) is 13.3. The minimum absolute atomic E-state index is 0.411. The van der Waals surface area contributed by atoms with E-state index in [0.29, 0.717) is 56.8 Å². The van der Waals surface area contributed by atoms with Crippen LogP contribution < -0.4 is 28.0 Å². The van der Waals surface area contributed by atoms with Crippen molar-refractivity contribution in [2.75, 3.05) is 28.4 Å². The van der Waals surface area contributed by atoms with Gasteiger partial charge in [0.1, 0.15) is 11.5 Å². The Bertz CT molecular complexity index is 3950. The lowest BCUT2D eigenvalue weighted by Gasteiger charge is -2.43. The summed E-state index contributed by atoms with van der Waals surface area (Å²) in [5.41, 5.74) is 5.54. The van der Waals surface area contributed by atoms with E-state index in [-0.39, 0.29) is 0 Å². The molecule has 0 saturated carbocycles. The average molecular weight is 1240 g/mol. The molecule has 11 aromatic rings. The van der Waals surface area contributed by atoms with Crippen molar-refractivity contribution in [3.63, 3.8) is 0 Å². The molecule has 12 heteroatoms. The van der Waals surface area contributed by atoms with Crippen molar-refractivity contribution in [3.05, 3.63) is 335 Å². The molecule has 0 aliphatic carbocycles. The average Bonchev–Trinajstić information content (AvgIpc) is 1.56. The van der Waals surface area contributed by atoms with Gasteiger partial charge in [-0.3, -0.25) is 18.1 Å². The lowest BCUT2D eigenvalue weighted by Crippen LogP contribution is -2.48. The molecular formula is C79H70O10P2. The molecular weight excluding hydrogens is 1170 g/mol. The van der Waals surface area contributed by atoms with E-state index in [1.54, 1.807) is 28.4 Å². The van der Waals surface area contributed by atoms with E-state index in [1.807, 2.05) is 177 Å². The van der Waals surface area contributed by atoms with Crippen LogP contribution in [0.5, 0.6) is 34.5 Å². The molecule has 10 nitrogen and oxygen atoms in total. The van der Waals surface area contributed by atoms with Gasteiger partial charge in [0.05, 0.1) is 28.4 Å². The first-order chi connectivity index (χ1) is 44.4. The zero-order valence-electron chi connectivity index (χ0n) is 52.0. The molecule has 2 fully saturated rings. The van der Waals surface area contributed by atoms with Gasteiger partial charge in [-0.25, -0.2) is 0 Å². The van der Waals surface area contributed by atoms with E-state index in [1.165, 1.54) is 0 Å². The Morgan fingerprint density at radius 3 is 0.901 bits per heavy atom. The fraction of sp³-hybridized carbons (Fsp3) is 0.165. The Hall–Kier alpha value is -9.08. The Morgan fingerprint density at radius 1 is 0.297 bits per heavy atom. The number of aryl methyl sites for hydroxylation is 1. The van der Waals surface area contributed by atoms with Gasteiger partial charge in [-0.1, -0.05) is 269 Å². The molecule has 0 atom stereocenters. The van der Waals surface area contributed by atoms with Crippen LogP contribution in [0.2, 0.25) is 0 Å². The van der Waals surface area contributed by atoms with Gasteiger partial charge in [-0.05, 0) is 98.3 Å². The third-order valence-corrected chi connectivity index (χ3v) is 19.6. The molecule has 13 rings (SSSR count). The number of ether oxygens (including phenoxy) is 4. The summed E-state index contributed by atoms with van der Waals surface area (Å²) in [5, 5.41) is 0. The number of rotatable bonds is 18. The van der Waals surface area contributed by atoms with Crippen molar-refractivity contribution in [1.29, 1.82) is 0 Å². The molecule has 2 aliphatic rings. The molecule has 0 amide bonds. The van der Waals surface area contributed by atoms with Crippen molar-refractivity contribution in [2.45, 2.75) is 55.5 Å². The second-order valence-corrected chi connectivity index (χ2v) is 25.5. The van der Waals surface area contributed by atoms with Crippen LogP contribution in [0.4, 0.5) is 0 Å². The topological polar surface area (TPSA) is 92.3 Å². The smallest absolute Gasteiger partial charge is 0.400 e. The van der Waals surface area contributed by atoms with E-state index in [4.69, 9.17) is 46.1 Å². The second-order valence-electron chi connectivity index (χ2n) is 23.5. The monoisotopic (exact) mass is 1240 g/mol. The molecule has 91 heavy (non-hydrogen) atoms. The number of benzene rings is 11. The molecule has 0 N–H and O–H groups in total. The van der Waals surface area contributed by atoms with Gasteiger partial charge in [0.25, 0.3) is 0 Å². The van der Waals surface area contributed by atoms with Crippen LogP contribution in [-0.4, -0.2) is 28.4 Å². The van der Waals surface area contributed by atoms with Gasteiger partial charge in [0.2, 0.25) is 0 Å². The van der Waals surface area contributed by atoms with Crippen LogP contribution >= 0.6 is 17.2 Å². The Balaban J connectivity index is 1.01. The lowest BCUT2D eigenvalue weighted by atomic mass is 9.66. The predicted molar refractivity (Wildman–Crippen MR) is 361 cm³/mol. The first-order valence-electron chi connectivity index (χ1n) is 30.3. The van der Waals surface area contributed by atoms with Crippen LogP contribution in [0.15, 0.2) is 279 Å². The molecule has 0 radical (unpaired) electrons. The Labute approximate surface area is 535 Å². The summed E-state index contributed by atoms with van der Waals surface area (Å²) in [6.07, 6.45) is 0. The number of hydrogen-bond acceptors (Lipinski definition) is 10. The van der Waals surface area contributed by atoms with Gasteiger partial charge >= 0.3 is 17.2 Å². The molecule has 2 aliphatic heterocycles. The summed E-state index contributed by atoms with van der Waals surface area (Å²) in [5.74, 6) is 2.86. The van der Waals surface area contributed by atoms with Gasteiger partial charge < -0.3 is 28.0 Å². The summed E-state index contributed by atoms with van der Waals surface area (Å²) in [6.45, 7) is 8.41. The van der Waals surface area contributed by atoms with Crippen molar-refractivity contribution in [2.24, 2.45) is 0 Å². The quantitative estimate of drug-likeness (QED) is 0.0774. The van der Waals surface area contributed by atoms with E-state index in [9.17, 15) is 0 Å². The van der Waals surface area contributed by atoms with E-state index < -0.39 is 45.0 Å². The highest BCUT2D eigenvalue weighted by Crippen LogP contribution is 2.73. The van der Waals surface area contributed by atoms with Crippen molar-refractivity contribution in [1.82, 2.24) is 0 Å². The van der Waals surface area contributed by atoms with Crippen molar-refractivity contribution >= 4 is 17.2 Å². The highest BCUT2D eigenvalue weighted by atomic mass is 31.2. The second kappa shape index (κ2) is 25.3. The van der Waals surface area contributed by atoms with Crippen molar-refractivity contribution in [3.8, 4) is 56.8 Å². The molecule has 456 valence electrons. The normalized spacial score (nSPS) is 15.8. The SMILES string of the molecule is COc1ccc(-c2cc(C)cc(OC)c2OP2OC(c3ccccc3)(c3ccccc3)C(c3ccccc3)(c3ccccc3)O2)cc1-c1cc(OC)c(OC)c(C(C)(C)C)c1OP1OC(c2ccccc2)(c2ccccc2)C(c2ccccc2)(c2ccccc2)O1. The first kappa shape index (κ1) is 60.8. The molecule has 0 spiro atoms. The van der Waals surface area contributed by atoms with E-state index in [0.717, 1.165) is 55.6 Å². The predicted octanol–water partition coefficient (Wildman–Crippen LogP) is 19.7. The fourth-order valence-corrected chi connectivity index (χ4v) is 16.5.